The molecule has 0 aliphatic heterocycles. The molecule has 13 heteroatoms. The minimum atomic E-state index is -1.33. The van der Waals surface area contributed by atoms with Crippen LogP contribution in [0, 0.1) is 31.9 Å². The van der Waals surface area contributed by atoms with Gasteiger partial charge in [0.15, 0.2) is 0 Å². The summed E-state index contributed by atoms with van der Waals surface area (Å²) < 4.78 is 25.6. The number of amides is 1. The zero-order valence-electron chi connectivity index (χ0n) is 14.9. The predicted octanol–water partition coefficient (Wildman–Crippen LogP) is 2.80. The average molecular weight is 413 g/mol. The topological polar surface area (TPSA) is 153 Å². The van der Waals surface area contributed by atoms with Crippen LogP contribution in [0.5, 0.6) is 0 Å². The fraction of sp³-hybridized carbons (Fsp3) is 0.125. The van der Waals surface area contributed by atoms with Crippen molar-refractivity contribution in [1.29, 1.82) is 0 Å². The highest BCUT2D eigenvalue weighted by molar-refractivity contribution is 5.94. The van der Waals surface area contributed by atoms with Crippen LogP contribution in [0.1, 0.15) is 20.7 Å². The number of nitro benzene ring substituents is 2. The smallest absolute Gasteiger partial charge is 0.335 e. The van der Waals surface area contributed by atoms with Crippen molar-refractivity contribution < 1.29 is 38.2 Å². The second-order valence-electron chi connectivity index (χ2n) is 5.14. The summed E-state index contributed by atoms with van der Waals surface area (Å²) in [5.74, 6) is -3.95. The van der Waals surface area contributed by atoms with Crippen LogP contribution in [-0.4, -0.2) is 46.1 Å². The maximum atomic E-state index is 13.0. The summed E-state index contributed by atoms with van der Waals surface area (Å²) in [6.45, 7) is 0. The number of nitro groups is 2. The van der Waals surface area contributed by atoms with Gasteiger partial charge >= 0.3 is 17.3 Å². The van der Waals surface area contributed by atoms with Crippen molar-refractivity contribution in [2.24, 2.45) is 0 Å². The Hall–Kier alpha value is -4.00. The van der Waals surface area contributed by atoms with E-state index in [0.29, 0.717) is 6.07 Å². The molecule has 154 valence electrons. The molecule has 2 aromatic rings. The summed E-state index contributed by atoms with van der Waals surface area (Å²) in [7, 11) is 2.62. The normalized spacial score (nSPS) is 9.79. The van der Waals surface area contributed by atoms with Crippen LogP contribution in [0.3, 0.4) is 0 Å². The van der Waals surface area contributed by atoms with Gasteiger partial charge in [0, 0.05) is 24.7 Å². The first-order valence-electron chi connectivity index (χ1n) is 7.43. The van der Waals surface area contributed by atoms with E-state index in [1.807, 2.05) is 0 Å². The second-order valence-corrected chi connectivity index (χ2v) is 5.14. The van der Waals surface area contributed by atoms with Crippen LogP contribution in [0.2, 0.25) is 0 Å². The molecule has 0 aromatic heterocycles. The van der Waals surface area contributed by atoms with Gasteiger partial charge in [-0.05, 0) is 24.3 Å². The lowest BCUT2D eigenvalue weighted by Crippen LogP contribution is -2.25. The van der Waals surface area contributed by atoms with Gasteiger partial charge < -0.3 is 5.11 Å². The lowest BCUT2D eigenvalue weighted by atomic mass is 10.2. The monoisotopic (exact) mass is 413 g/mol. The zero-order chi connectivity index (χ0) is 22.3. The van der Waals surface area contributed by atoms with E-state index in [2.05, 4.69) is 4.84 Å². The Labute approximate surface area is 161 Å². The molecule has 1 amide bonds. The molecule has 0 aliphatic carbocycles. The van der Waals surface area contributed by atoms with Gasteiger partial charge in [0.2, 0.25) is 11.6 Å². The van der Waals surface area contributed by atoms with Crippen molar-refractivity contribution in [1.82, 2.24) is 5.06 Å². The Balaban J connectivity index is 0.000000296. The highest BCUT2D eigenvalue weighted by atomic mass is 19.1. The molecule has 29 heavy (non-hydrogen) atoms. The first kappa shape index (κ1) is 23.0. The largest absolute Gasteiger partial charge is 0.478 e. The fourth-order valence-corrected chi connectivity index (χ4v) is 1.84. The molecule has 0 bridgehead atoms. The van der Waals surface area contributed by atoms with Gasteiger partial charge in [0.1, 0.15) is 0 Å². The summed E-state index contributed by atoms with van der Waals surface area (Å²) in [5.41, 5.74) is -1.90. The Morgan fingerprint density at radius 1 is 0.966 bits per heavy atom. The highest BCUT2D eigenvalue weighted by Gasteiger charge is 2.19. The van der Waals surface area contributed by atoms with E-state index < -0.39 is 44.7 Å². The van der Waals surface area contributed by atoms with Crippen LogP contribution in [0.4, 0.5) is 20.2 Å². The fourth-order valence-electron chi connectivity index (χ4n) is 1.84. The van der Waals surface area contributed by atoms with Gasteiger partial charge in [0.05, 0.1) is 22.5 Å². The van der Waals surface area contributed by atoms with Crippen LogP contribution < -0.4 is 0 Å². The summed E-state index contributed by atoms with van der Waals surface area (Å²) in [5, 5.41) is 29.9. The molecule has 0 spiro atoms. The standard InChI is InChI=1S/C9H9FN2O4.C7H4FNO4/c1-11(16-2)9(13)6-3-4-7(10)8(5-6)12(14)15;8-5-2-1-4(7(10)11)3-6(5)9(12)13/h3-5H,1-2H3;1-3H,(H,10,11). The van der Waals surface area contributed by atoms with Crippen LogP contribution in [0.15, 0.2) is 36.4 Å². The summed E-state index contributed by atoms with van der Waals surface area (Å²) >= 11 is 0. The van der Waals surface area contributed by atoms with Gasteiger partial charge in [-0.25, -0.2) is 9.86 Å². The molecule has 0 heterocycles. The molecule has 11 nitrogen and oxygen atoms in total. The Morgan fingerprint density at radius 2 is 1.38 bits per heavy atom. The Kier molecular flexibility index (Phi) is 7.78. The Morgan fingerprint density at radius 3 is 1.76 bits per heavy atom. The zero-order valence-corrected chi connectivity index (χ0v) is 14.9. The van der Waals surface area contributed by atoms with Crippen molar-refractivity contribution in [2.75, 3.05) is 14.2 Å². The molecule has 0 fully saturated rings. The molecule has 0 aliphatic rings. The van der Waals surface area contributed by atoms with E-state index in [1.165, 1.54) is 14.2 Å². The summed E-state index contributed by atoms with van der Waals surface area (Å²) in [6.07, 6.45) is 0. The van der Waals surface area contributed by atoms with Crippen molar-refractivity contribution >= 4 is 23.3 Å². The number of benzene rings is 2. The minimum Gasteiger partial charge on any atom is -0.478 e. The van der Waals surface area contributed by atoms with Gasteiger partial charge in [0.25, 0.3) is 5.91 Å². The molecule has 0 saturated carbocycles. The number of carbonyl (C=O) groups is 2. The number of hydroxylamine groups is 2. The number of carboxylic acid groups (broad SMARTS) is 1. The number of carboxylic acids is 1. The van der Waals surface area contributed by atoms with Crippen molar-refractivity contribution in [3.63, 3.8) is 0 Å². The van der Waals surface area contributed by atoms with Crippen molar-refractivity contribution in [2.45, 2.75) is 0 Å². The van der Waals surface area contributed by atoms with E-state index in [4.69, 9.17) is 5.11 Å². The third-order valence-electron chi connectivity index (χ3n) is 3.34. The first-order valence-corrected chi connectivity index (χ1v) is 7.43. The van der Waals surface area contributed by atoms with E-state index in [-0.39, 0.29) is 11.1 Å². The van der Waals surface area contributed by atoms with Crippen molar-refractivity contribution in [3.8, 4) is 0 Å². The van der Waals surface area contributed by atoms with Gasteiger partial charge in [-0.3, -0.25) is 29.9 Å². The highest BCUT2D eigenvalue weighted by Crippen LogP contribution is 2.19. The van der Waals surface area contributed by atoms with Crippen LogP contribution >= 0.6 is 0 Å². The molecule has 0 saturated heterocycles. The lowest BCUT2D eigenvalue weighted by Gasteiger charge is -2.13. The number of aromatic carboxylic acids is 1. The molecule has 2 rings (SSSR count). The molecule has 2 aromatic carbocycles. The van der Waals surface area contributed by atoms with E-state index in [1.54, 1.807) is 0 Å². The molecule has 0 unspecified atom stereocenters. The maximum absolute atomic E-state index is 13.0. The van der Waals surface area contributed by atoms with E-state index in [0.717, 1.165) is 35.4 Å². The molecule has 0 radical (unpaired) electrons. The molecular formula is C16H13F2N3O8. The summed E-state index contributed by atoms with van der Waals surface area (Å²) in [6, 6.07) is 5.28. The van der Waals surface area contributed by atoms with Crippen molar-refractivity contribution in [3.05, 3.63) is 79.4 Å². The number of nitrogens with zero attached hydrogens (tertiary/aromatic N) is 3. The van der Waals surface area contributed by atoms with E-state index >= 15 is 0 Å². The maximum Gasteiger partial charge on any atom is 0.335 e. The SMILES string of the molecule is CON(C)C(=O)c1ccc(F)c([N+](=O)[O-])c1.O=C(O)c1ccc(F)c([N+](=O)[O-])c1. The molecule has 0 atom stereocenters. The summed E-state index contributed by atoms with van der Waals surface area (Å²) in [4.78, 5) is 45.2. The quantitative estimate of drug-likeness (QED) is 0.580. The van der Waals surface area contributed by atoms with Crippen LogP contribution in [0.25, 0.3) is 0 Å². The molecule has 1 N–H and O–H groups in total. The number of rotatable bonds is 5. The third-order valence-corrected chi connectivity index (χ3v) is 3.34. The number of hydrogen-bond donors (Lipinski definition) is 1. The van der Waals surface area contributed by atoms with Crippen LogP contribution in [-0.2, 0) is 4.84 Å². The van der Waals surface area contributed by atoms with Gasteiger partial charge in [-0.15, -0.1) is 0 Å². The average Bonchev–Trinajstić information content (AvgIpc) is 2.67. The van der Waals surface area contributed by atoms with Gasteiger partial charge in [-0.2, -0.15) is 8.78 Å². The second kappa shape index (κ2) is 9.80. The Bertz CT molecular complexity index is 967. The first-order chi connectivity index (χ1) is 13.5. The lowest BCUT2D eigenvalue weighted by molar-refractivity contribution is -0.387. The molecular weight excluding hydrogens is 400 g/mol. The van der Waals surface area contributed by atoms with E-state index in [9.17, 15) is 38.6 Å². The predicted molar refractivity (Wildman–Crippen MR) is 92.2 cm³/mol. The van der Waals surface area contributed by atoms with Gasteiger partial charge in [-0.1, -0.05) is 0 Å². The number of hydrogen-bond acceptors (Lipinski definition) is 7. The minimum absolute atomic E-state index is 0.0162. The number of halogens is 2. The third kappa shape index (κ3) is 6.00. The number of carbonyl (C=O) groups excluding carboxylic acids is 1.